The lowest BCUT2D eigenvalue weighted by atomic mass is 9.89. The van der Waals surface area contributed by atoms with Gasteiger partial charge in [0.15, 0.2) is 0 Å². The number of carboxylic acid groups (broad SMARTS) is 1. The number of hydrogen-bond acceptors (Lipinski definition) is 4. The van der Waals surface area contributed by atoms with Crippen LogP contribution >= 0.6 is 0 Å². The Morgan fingerprint density at radius 1 is 1.07 bits per heavy atom. The average Bonchev–Trinajstić information content (AvgIpc) is 2.88. The maximum absolute atomic E-state index is 10.5. The van der Waals surface area contributed by atoms with Crippen LogP contribution in [0.2, 0.25) is 0 Å². The minimum absolute atomic E-state index is 0.0126. The second-order valence-electron chi connectivity index (χ2n) is 7.76. The molecule has 1 aliphatic rings. The van der Waals surface area contributed by atoms with Crippen LogP contribution in [0.1, 0.15) is 77.6 Å². The van der Waals surface area contributed by atoms with Gasteiger partial charge in [0, 0.05) is 18.8 Å². The Morgan fingerprint density at radius 2 is 1.85 bits per heavy atom. The van der Waals surface area contributed by atoms with Gasteiger partial charge < -0.3 is 20.4 Å². The first-order valence-corrected chi connectivity index (χ1v) is 10.5. The highest BCUT2D eigenvalue weighted by atomic mass is 16.4. The molecule has 0 heterocycles. The van der Waals surface area contributed by atoms with Gasteiger partial charge in [0.25, 0.3) is 0 Å². The molecule has 5 atom stereocenters. The molecule has 0 spiro atoms. The second kappa shape index (κ2) is 13.9. The summed E-state index contributed by atoms with van der Waals surface area (Å²) >= 11 is 0. The number of aliphatic hydroxyl groups is 3. The van der Waals surface area contributed by atoms with E-state index >= 15 is 0 Å². The van der Waals surface area contributed by atoms with Crippen molar-refractivity contribution >= 4 is 5.97 Å². The predicted octanol–water partition coefficient (Wildman–Crippen LogP) is 3.82. The number of unbranched alkanes of at least 4 members (excludes halogenated alkanes) is 5. The first kappa shape index (κ1) is 23.9. The topological polar surface area (TPSA) is 98.0 Å². The fraction of sp³-hybridized carbons (Fsp3) is 0.773. The van der Waals surface area contributed by atoms with Crippen molar-refractivity contribution in [3.8, 4) is 0 Å². The third kappa shape index (κ3) is 10.1. The zero-order valence-electron chi connectivity index (χ0n) is 16.7. The van der Waals surface area contributed by atoms with Crippen LogP contribution in [0.25, 0.3) is 0 Å². The van der Waals surface area contributed by atoms with Crippen LogP contribution in [0.4, 0.5) is 0 Å². The van der Waals surface area contributed by atoms with Crippen molar-refractivity contribution in [2.45, 2.75) is 95.9 Å². The van der Waals surface area contributed by atoms with Crippen molar-refractivity contribution < 1.29 is 25.2 Å². The molecule has 4 N–H and O–H groups in total. The fourth-order valence-corrected chi connectivity index (χ4v) is 3.75. The van der Waals surface area contributed by atoms with E-state index in [1.54, 1.807) is 6.08 Å². The number of carbonyl (C=O) groups is 1. The average molecular weight is 383 g/mol. The highest BCUT2D eigenvalue weighted by molar-refractivity contribution is 5.66. The van der Waals surface area contributed by atoms with Crippen LogP contribution in [-0.2, 0) is 4.79 Å². The summed E-state index contributed by atoms with van der Waals surface area (Å²) in [6.45, 7) is 2.18. The minimum Gasteiger partial charge on any atom is -0.481 e. The van der Waals surface area contributed by atoms with Crippen molar-refractivity contribution in [3.05, 3.63) is 24.3 Å². The molecule has 0 amide bonds. The maximum atomic E-state index is 10.5. The summed E-state index contributed by atoms with van der Waals surface area (Å²) in [6, 6.07) is 0. The Kier molecular flexibility index (Phi) is 12.3. The molecule has 1 saturated carbocycles. The Balaban J connectivity index is 2.39. The number of aliphatic hydroxyl groups excluding tert-OH is 3. The summed E-state index contributed by atoms with van der Waals surface area (Å²) in [7, 11) is 0. The van der Waals surface area contributed by atoms with E-state index in [0.29, 0.717) is 19.3 Å². The largest absolute Gasteiger partial charge is 0.481 e. The molecule has 0 aromatic carbocycles. The van der Waals surface area contributed by atoms with E-state index in [-0.39, 0.29) is 18.3 Å². The van der Waals surface area contributed by atoms with Gasteiger partial charge in [-0.25, -0.2) is 0 Å². The van der Waals surface area contributed by atoms with Crippen LogP contribution in [0.3, 0.4) is 0 Å². The zero-order chi connectivity index (χ0) is 20.1. The summed E-state index contributed by atoms with van der Waals surface area (Å²) in [5, 5.41) is 39.2. The SMILES string of the molecule is CCCCC/C=C\C[C@H]1[C@H](/C=C/[C@H](O)CCCCCC(=O)O)[C@@H](O)C[C@H]1O. The fourth-order valence-electron chi connectivity index (χ4n) is 3.75. The summed E-state index contributed by atoms with van der Waals surface area (Å²) in [6.07, 6.45) is 14.9. The molecule has 5 nitrogen and oxygen atoms in total. The molecular weight excluding hydrogens is 344 g/mol. The van der Waals surface area contributed by atoms with Gasteiger partial charge in [0.1, 0.15) is 0 Å². The lowest BCUT2D eigenvalue weighted by Gasteiger charge is -2.19. The smallest absolute Gasteiger partial charge is 0.303 e. The van der Waals surface area contributed by atoms with Gasteiger partial charge in [-0.15, -0.1) is 0 Å². The summed E-state index contributed by atoms with van der Waals surface area (Å²) < 4.78 is 0. The van der Waals surface area contributed by atoms with Crippen molar-refractivity contribution in [1.82, 2.24) is 0 Å². The van der Waals surface area contributed by atoms with Gasteiger partial charge in [-0.1, -0.05) is 56.9 Å². The van der Waals surface area contributed by atoms with E-state index in [1.165, 1.54) is 19.3 Å². The van der Waals surface area contributed by atoms with Gasteiger partial charge in [0.2, 0.25) is 0 Å². The summed E-state index contributed by atoms with van der Waals surface area (Å²) in [5.74, 6) is -0.932. The second-order valence-corrected chi connectivity index (χ2v) is 7.76. The molecule has 0 unspecified atom stereocenters. The van der Waals surface area contributed by atoms with E-state index in [1.807, 2.05) is 6.08 Å². The lowest BCUT2D eigenvalue weighted by Crippen LogP contribution is -2.20. The van der Waals surface area contributed by atoms with Crippen LogP contribution in [0.5, 0.6) is 0 Å². The lowest BCUT2D eigenvalue weighted by molar-refractivity contribution is -0.137. The normalized spacial score (nSPS) is 27.0. The molecule has 0 radical (unpaired) electrons. The van der Waals surface area contributed by atoms with Crippen LogP contribution in [0, 0.1) is 11.8 Å². The Morgan fingerprint density at radius 3 is 2.56 bits per heavy atom. The quantitative estimate of drug-likeness (QED) is 0.270. The highest BCUT2D eigenvalue weighted by Crippen LogP contribution is 2.36. The predicted molar refractivity (Wildman–Crippen MR) is 107 cm³/mol. The molecule has 1 rings (SSSR count). The van der Waals surface area contributed by atoms with Gasteiger partial charge in [-0.05, 0) is 38.0 Å². The van der Waals surface area contributed by atoms with Crippen molar-refractivity contribution in [2.75, 3.05) is 0 Å². The molecule has 27 heavy (non-hydrogen) atoms. The van der Waals surface area contributed by atoms with Crippen molar-refractivity contribution in [2.24, 2.45) is 11.8 Å². The van der Waals surface area contributed by atoms with Gasteiger partial charge in [-0.3, -0.25) is 4.79 Å². The van der Waals surface area contributed by atoms with Gasteiger partial charge >= 0.3 is 5.97 Å². The number of carboxylic acids is 1. The zero-order valence-corrected chi connectivity index (χ0v) is 16.7. The molecule has 0 aliphatic heterocycles. The first-order valence-electron chi connectivity index (χ1n) is 10.5. The van der Waals surface area contributed by atoms with E-state index in [9.17, 15) is 20.1 Å². The number of rotatable bonds is 14. The molecule has 0 saturated heterocycles. The number of aliphatic carboxylic acids is 1. The number of allylic oxidation sites excluding steroid dienone is 2. The van der Waals surface area contributed by atoms with Crippen molar-refractivity contribution in [3.63, 3.8) is 0 Å². The minimum atomic E-state index is -0.783. The summed E-state index contributed by atoms with van der Waals surface area (Å²) in [4.78, 5) is 10.5. The molecule has 1 fully saturated rings. The Bertz CT molecular complexity index is 460. The molecule has 0 bridgehead atoms. The van der Waals surface area contributed by atoms with Crippen LogP contribution in [-0.4, -0.2) is 44.7 Å². The standard InChI is InChI=1S/C22H38O5/c1-2-3-4-5-6-9-12-18-19(21(25)16-20(18)24)15-14-17(23)11-8-7-10-13-22(26)27/h6,9,14-15,17-21,23-25H,2-5,7-8,10-13,16H2,1H3,(H,26,27)/b9-6-,15-14+/t17-,18+,19+,20-,21+/m1/s1. The Hall–Kier alpha value is -1.17. The van der Waals surface area contributed by atoms with E-state index in [0.717, 1.165) is 25.7 Å². The molecule has 5 heteroatoms. The first-order chi connectivity index (χ1) is 13.0. The molecule has 156 valence electrons. The third-order valence-corrected chi connectivity index (χ3v) is 5.41. The highest BCUT2D eigenvalue weighted by Gasteiger charge is 2.39. The molecule has 0 aromatic heterocycles. The molecule has 0 aromatic rings. The van der Waals surface area contributed by atoms with Crippen molar-refractivity contribution in [1.29, 1.82) is 0 Å². The third-order valence-electron chi connectivity index (χ3n) is 5.41. The van der Waals surface area contributed by atoms with Crippen LogP contribution < -0.4 is 0 Å². The van der Waals surface area contributed by atoms with Crippen LogP contribution in [0.15, 0.2) is 24.3 Å². The maximum Gasteiger partial charge on any atom is 0.303 e. The molecular formula is C22H38O5. The monoisotopic (exact) mass is 382 g/mol. The van der Waals surface area contributed by atoms with E-state index in [4.69, 9.17) is 5.11 Å². The number of hydrogen-bond donors (Lipinski definition) is 4. The molecule has 1 aliphatic carbocycles. The summed E-state index contributed by atoms with van der Waals surface area (Å²) in [5.41, 5.74) is 0. The van der Waals surface area contributed by atoms with Gasteiger partial charge in [0.05, 0.1) is 18.3 Å². The Labute approximate surface area is 163 Å². The van der Waals surface area contributed by atoms with E-state index < -0.39 is 24.3 Å². The van der Waals surface area contributed by atoms with Gasteiger partial charge in [-0.2, -0.15) is 0 Å². The van der Waals surface area contributed by atoms with E-state index in [2.05, 4.69) is 19.1 Å².